The molecule has 1 aliphatic rings. The summed E-state index contributed by atoms with van der Waals surface area (Å²) >= 11 is 0. The van der Waals surface area contributed by atoms with E-state index >= 15 is 0 Å². The molecule has 3 aromatic rings. The summed E-state index contributed by atoms with van der Waals surface area (Å²) in [6.45, 7) is 4.57. The van der Waals surface area contributed by atoms with E-state index in [1.165, 1.54) is 12.3 Å². The van der Waals surface area contributed by atoms with Crippen molar-refractivity contribution < 1.29 is 9.18 Å². The van der Waals surface area contributed by atoms with Crippen LogP contribution in [0, 0.1) is 17.3 Å². The number of amides is 1. The average Bonchev–Trinajstić information content (AvgIpc) is 3.21. The fraction of sp³-hybridized carbons (Fsp3) is 0.304. The lowest BCUT2D eigenvalue weighted by Crippen LogP contribution is -2.44. The summed E-state index contributed by atoms with van der Waals surface area (Å²) in [5.41, 5.74) is 7.73. The number of nitrogens with two attached hydrogens (primary N) is 1. The monoisotopic (exact) mass is 433 g/mol. The molecule has 0 radical (unpaired) electrons. The predicted octanol–water partition coefficient (Wildman–Crippen LogP) is 3.14. The summed E-state index contributed by atoms with van der Waals surface area (Å²) in [6.07, 6.45) is 4.65. The van der Waals surface area contributed by atoms with Crippen LogP contribution < -0.4 is 11.1 Å². The van der Waals surface area contributed by atoms with Crippen molar-refractivity contribution in [1.29, 1.82) is 5.26 Å². The number of nitriles is 1. The van der Waals surface area contributed by atoms with Crippen LogP contribution in [0.25, 0.3) is 0 Å². The van der Waals surface area contributed by atoms with E-state index in [-0.39, 0.29) is 11.1 Å². The van der Waals surface area contributed by atoms with Gasteiger partial charge in [-0.15, -0.1) is 0 Å². The van der Waals surface area contributed by atoms with Gasteiger partial charge in [0.1, 0.15) is 5.56 Å². The van der Waals surface area contributed by atoms with Gasteiger partial charge in [-0.2, -0.15) is 14.8 Å². The van der Waals surface area contributed by atoms with Gasteiger partial charge in [0.05, 0.1) is 17.2 Å². The van der Waals surface area contributed by atoms with Gasteiger partial charge in [0.25, 0.3) is 5.91 Å². The zero-order valence-corrected chi connectivity index (χ0v) is 17.8. The number of pyridine rings is 1. The number of anilines is 2. The number of nitrogens with zero attached hydrogens (tertiary/aromatic N) is 5. The molecule has 3 heterocycles. The Hall–Kier alpha value is -3.77. The third-order valence-corrected chi connectivity index (χ3v) is 5.92. The molecular formula is C23H24FN7O. The Balaban J connectivity index is 1.48. The molecule has 32 heavy (non-hydrogen) atoms. The Morgan fingerprint density at radius 3 is 2.78 bits per heavy atom. The van der Waals surface area contributed by atoms with Crippen molar-refractivity contribution in [2.75, 3.05) is 18.4 Å². The molecule has 0 spiro atoms. The number of carbonyl (C=O) groups is 1. The number of benzene rings is 1. The van der Waals surface area contributed by atoms with Gasteiger partial charge in [-0.3, -0.25) is 14.4 Å². The largest absolute Gasteiger partial charge is 0.365 e. The molecule has 8 nitrogen and oxygen atoms in total. The van der Waals surface area contributed by atoms with E-state index in [1.807, 2.05) is 18.2 Å². The van der Waals surface area contributed by atoms with E-state index in [0.29, 0.717) is 17.1 Å². The number of hydrogen-bond acceptors (Lipinski definition) is 6. The van der Waals surface area contributed by atoms with Gasteiger partial charge in [-0.05, 0) is 43.5 Å². The summed E-state index contributed by atoms with van der Waals surface area (Å²) in [7, 11) is 0. The number of nitrogens with one attached hydrogen (secondary N) is 1. The van der Waals surface area contributed by atoms with E-state index in [0.717, 1.165) is 38.0 Å². The lowest BCUT2D eigenvalue weighted by Gasteiger charge is -2.39. The van der Waals surface area contributed by atoms with Crippen LogP contribution in [-0.4, -0.2) is 38.7 Å². The second-order valence-corrected chi connectivity index (χ2v) is 8.28. The van der Waals surface area contributed by atoms with Crippen LogP contribution in [0.15, 0.2) is 48.8 Å². The van der Waals surface area contributed by atoms with Gasteiger partial charge in [0.2, 0.25) is 5.95 Å². The average molecular weight is 433 g/mol. The molecule has 164 valence electrons. The molecule has 2 aromatic heterocycles. The minimum Gasteiger partial charge on any atom is -0.365 e. The smallest absolute Gasteiger partial charge is 0.254 e. The highest BCUT2D eigenvalue weighted by Gasteiger charge is 2.34. The molecule has 4 rings (SSSR count). The molecule has 0 aliphatic carbocycles. The standard InChI is InChI=1S/C23H24FN7O/c1-23(6-9-30(10-7-23)14-17-4-2-3-16(11-17)13-25)31-15-19(21(26)32)22(29-31)28-18-5-8-27-20(24)12-18/h2-5,8,11-12,15H,6-7,9-10,14H2,1H3,(H2,26,32)(H,27,28,29). The van der Waals surface area contributed by atoms with Crippen LogP contribution >= 0.6 is 0 Å². The lowest BCUT2D eigenvalue weighted by atomic mass is 9.89. The van der Waals surface area contributed by atoms with Crippen LogP contribution in [0.4, 0.5) is 15.9 Å². The number of piperidine rings is 1. The summed E-state index contributed by atoms with van der Waals surface area (Å²) in [4.78, 5) is 17.9. The van der Waals surface area contributed by atoms with Crippen LogP contribution in [0.3, 0.4) is 0 Å². The molecule has 0 atom stereocenters. The zero-order chi connectivity index (χ0) is 22.7. The summed E-state index contributed by atoms with van der Waals surface area (Å²) in [6, 6.07) is 12.6. The Morgan fingerprint density at radius 2 is 2.09 bits per heavy atom. The quantitative estimate of drug-likeness (QED) is 0.578. The Morgan fingerprint density at radius 1 is 1.31 bits per heavy atom. The van der Waals surface area contributed by atoms with Crippen molar-refractivity contribution in [3.63, 3.8) is 0 Å². The molecular weight excluding hydrogens is 409 g/mol. The van der Waals surface area contributed by atoms with Crippen molar-refractivity contribution in [3.8, 4) is 6.07 Å². The molecule has 0 unspecified atom stereocenters. The van der Waals surface area contributed by atoms with Gasteiger partial charge in [-0.25, -0.2) is 4.98 Å². The highest BCUT2D eigenvalue weighted by molar-refractivity contribution is 5.98. The van der Waals surface area contributed by atoms with Crippen LogP contribution in [0.2, 0.25) is 0 Å². The minimum atomic E-state index is -0.630. The minimum absolute atomic E-state index is 0.249. The molecule has 0 saturated carbocycles. The van der Waals surface area contributed by atoms with Gasteiger partial charge in [0.15, 0.2) is 5.82 Å². The Kier molecular flexibility index (Phi) is 5.88. The maximum Gasteiger partial charge on any atom is 0.254 e. The van der Waals surface area contributed by atoms with E-state index in [2.05, 4.69) is 33.3 Å². The number of hydrogen-bond donors (Lipinski definition) is 2. The number of aromatic nitrogens is 3. The first kappa shape index (κ1) is 21.5. The topological polar surface area (TPSA) is 113 Å². The first-order valence-corrected chi connectivity index (χ1v) is 10.4. The number of halogens is 1. The molecule has 1 aromatic carbocycles. The fourth-order valence-electron chi connectivity index (χ4n) is 3.96. The molecule has 0 bridgehead atoms. The fourth-order valence-corrected chi connectivity index (χ4v) is 3.96. The van der Waals surface area contributed by atoms with Gasteiger partial charge >= 0.3 is 0 Å². The maximum atomic E-state index is 13.4. The zero-order valence-electron chi connectivity index (χ0n) is 17.8. The second-order valence-electron chi connectivity index (χ2n) is 8.28. The normalized spacial score (nSPS) is 15.8. The first-order valence-electron chi connectivity index (χ1n) is 10.4. The maximum absolute atomic E-state index is 13.4. The number of rotatable bonds is 6. The number of carbonyl (C=O) groups excluding carboxylic acids is 1. The predicted molar refractivity (Wildman–Crippen MR) is 118 cm³/mol. The van der Waals surface area contributed by atoms with Crippen LogP contribution in [0.1, 0.15) is 41.3 Å². The highest BCUT2D eigenvalue weighted by atomic mass is 19.1. The number of primary amides is 1. The first-order chi connectivity index (χ1) is 15.4. The van der Waals surface area contributed by atoms with Crippen molar-refractivity contribution in [2.24, 2.45) is 5.73 Å². The second kappa shape index (κ2) is 8.77. The van der Waals surface area contributed by atoms with Crippen LogP contribution in [0.5, 0.6) is 0 Å². The molecule has 9 heteroatoms. The van der Waals surface area contributed by atoms with Crippen molar-refractivity contribution in [1.82, 2.24) is 19.7 Å². The van der Waals surface area contributed by atoms with E-state index in [1.54, 1.807) is 23.0 Å². The summed E-state index contributed by atoms with van der Waals surface area (Å²) < 4.78 is 15.2. The molecule has 1 amide bonds. The molecule has 1 saturated heterocycles. The Bertz CT molecular complexity index is 1180. The molecule has 1 fully saturated rings. The Labute approximate surface area is 185 Å². The molecule has 3 N–H and O–H groups in total. The lowest BCUT2D eigenvalue weighted by molar-refractivity contribution is 0.0997. The van der Waals surface area contributed by atoms with Gasteiger partial charge in [-0.1, -0.05) is 12.1 Å². The highest BCUT2D eigenvalue weighted by Crippen LogP contribution is 2.32. The van der Waals surface area contributed by atoms with E-state index in [9.17, 15) is 9.18 Å². The number of likely N-dealkylation sites (tertiary alicyclic amines) is 1. The third kappa shape index (κ3) is 4.60. The van der Waals surface area contributed by atoms with Crippen molar-refractivity contribution >= 4 is 17.4 Å². The van der Waals surface area contributed by atoms with E-state index < -0.39 is 11.9 Å². The summed E-state index contributed by atoms with van der Waals surface area (Å²) in [5, 5.41) is 16.7. The van der Waals surface area contributed by atoms with Crippen LogP contribution in [-0.2, 0) is 12.1 Å². The van der Waals surface area contributed by atoms with Gasteiger partial charge < -0.3 is 11.1 Å². The molecule has 1 aliphatic heterocycles. The van der Waals surface area contributed by atoms with Gasteiger partial charge in [0, 0.05) is 43.8 Å². The SMILES string of the molecule is CC1(n2cc(C(N)=O)c(Nc3ccnc(F)c3)n2)CCN(Cc2cccc(C#N)c2)CC1. The van der Waals surface area contributed by atoms with Crippen molar-refractivity contribution in [2.45, 2.75) is 31.8 Å². The summed E-state index contributed by atoms with van der Waals surface area (Å²) in [5.74, 6) is -0.943. The van der Waals surface area contributed by atoms with Crippen molar-refractivity contribution in [3.05, 3.63) is 71.4 Å². The third-order valence-electron chi connectivity index (χ3n) is 5.92. The van der Waals surface area contributed by atoms with E-state index in [4.69, 9.17) is 11.0 Å².